The number of aliphatic hydroxyl groups excluding tert-OH is 1. The fourth-order valence-corrected chi connectivity index (χ4v) is 0.820. The molecule has 0 radical (unpaired) electrons. The molecule has 0 aliphatic carbocycles. The molecule has 0 fully saturated rings. The minimum Gasteiger partial charge on any atom is -0.390 e. The average Bonchev–Trinajstić information content (AvgIpc) is 2.34. The summed E-state index contributed by atoms with van der Waals surface area (Å²) in [6.07, 6.45) is 3.17. The van der Waals surface area contributed by atoms with Crippen LogP contribution in [-0.2, 0) is 0 Å². The van der Waals surface area contributed by atoms with Crippen molar-refractivity contribution in [1.29, 1.82) is 0 Å². The van der Waals surface area contributed by atoms with Crippen molar-refractivity contribution in [3.05, 3.63) is 11.9 Å². The molecule has 0 bridgehead atoms. The lowest BCUT2D eigenvalue weighted by molar-refractivity contribution is 0.320. The molecular formula is C6H12N2O. The van der Waals surface area contributed by atoms with E-state index in [9.17, 15) is 0 Å². The van der Waals surface area contributed by atoms with Crippen LogP contribution in [0, 0.1) is 0 Å². The summed E-state index contributed by atoms with van der Waals surface area (Å²) >= 11 is 0. The van der Waals surface area contributed by atoms with E-state index >= 15 is 0 Å². The van der Waals surface area contributed by atoms with Gasteiger partial charge in [-0.3, -0.25) is 0 Å². The smallest absolute Gasteiger partial charge is 0.0955 e. The van der Waals surface area contributed by atoms with Gasteiger partial charge in [-0.15, -0.1) is 0 Å². The lowest BCUT2D eigenvalue weighted by Gasteiger charge is -2.09. The van der Waals surface area contributed by atoms with Crippen molar-refractivity contribution < 1.29 is 5.11 Å². The number of aliphatic hydroxyl groups is 1. The highest BCUT2D eigenvalue weighted by Gasteiger charge is 2.10. The van der Waals surface area contributed by atoms with Gasteiger partial charge in [0.1, 0.15) is 0 Å². The van der Waals surface area contributed by atoms with Crippen LogP contribution in [0.1, 0.15) is 13.3 Å². The van der Waals surface area contributed by atoms with Crippen molar-refractivity contribution in [2.24, 2.45) is 0 Å². The van der Waals surface area contributed by atoms with E-state index in [1.807, 2.05) is 6.20 Å². The lowest BCUT2D eigenvalue weighted by atomic mass is 10.4. The molecule has 0 amide bonds. The van der Waals surface area contributed by atoms with Gasteiger partial charge in [0.25, 0.3) is 0 Å². The first-order valence-corrected chi connectivity index (χ1v) is 3.19. The predicted octanol–water partition coefficient (Wildman–Crippen LogP) is -0.251. The molecule has 0 saturated carbocycles. The lowest BCUT2D eigenvalue weighted by Crippen LogP contribution is -2.31. The molecule has 3 heteroatoms. The summed E-state index contributed by atoms with van der Waals surface area (Å²) in [6, 6.07) is 0. The Morgan fingerprint density at radius 3 is 2.89 bits per heavy atom. The first-order valence-electron chi connectivity index (χ1n) is 3.19. The molecule has 1 atom stereocenters. The van der Waals surface area contributed by atoms with E-state index in [0.717, 1.165) is 12.1 Å². The Balaban J connectivity index is 2.31. The Morgan fingerprint density at radius 2 is 2.56 bits per heavy atom. The number of nitrogens with one attached hydrogen (secondary N) is 2. The number of rotatable bonds is 2. The SMILES string of the molecule is CCC1NC=C(CO)N1. The molecule has 0 aromatic rings. The fourth-order valence-electron chi connectivity index (χ4n) is 0.820. The normalized spacial score (nSPS) is 24.7. The molecule has 1 aliphatic rings. The van der Waals surface area contributed by atoms with Crippen LogP contribution >= 0.6 is 0 Å². The molecule has 1 rings (SSSR count). The Bertz CT molecular complexity index is 122. The van der Waals surface area contributed by atoms with Gasteiger partial charge in [0.2, 0.25) is 0 Å². The Hall–Kier alpha value is -0.700. The highest BCUT2D eigenvalue weighted by atomic mass is 16.3. The van der Waals surface area contributed by atoms with Crippen LogP contribution in [0.3, 0.4) is 0 Å². The van der Waals surface area contributed by atoms with Crippen LogP contribution in [0.25, 0.3) is 0 Å². The molecule has 1 heterocycles. The second-order valence-corrected chi connectivity index (χ2v) is 2.10. The van der Waals surface area contributed by atoms with Crippen molar-refractivity contribution in [2.75, 3.05) is 6.61 Å². The maximum Gasteiger partial charge on any atom is 0.0955 e. The zero-order chi connectivity index (χ0) is 6.69. The maximum atomic E-state index is 8.61. The van der Waals surface area contributed by atoms with Crippen LogP contribution in [0.5, 0.6) is 0 Å². The van der Waals surface area contributed by atoms with Gasteiger partial charge in [-0.25, -0.2) is 0 Å². The van der Waals surface area contributed by atoms with Crippen molar-refractivity contribution in [3.8, 4) is 0 Å². The second-order valence-electron chi connectivity index (χ2n) is 2.10. The van der Waals surface area contributed by atoms with Crippen molar-refractivity contribution >= 4 is 0 Å². The highest BCUT2D eigenvalue weighted by molar-refractivity contribution is 5.06. The minimum absolute atomic E-state index is 0.101. The zero-order valence-electron chi connectivity index (χ0n) is 5.52. The van der Waals surface area contributed by atoms with Gasteiger partial charge >= 0.3 is 0 Å². The van der Waals surface area contributed by atoms with Gasteiger partial charge in [-0.05, 0) is 6.42 Å². The molecule has 1 aliphatic heterocycles. The van der Waals surface area contributed by atoms with E-state index in [1.54, 1.807) is 0 Å². The molecule has 3 N–H and O–H groups in total. The van der Waals surface area contributed by atoms with Crippen LogP contribution in [0.2, 0.25) is 0 Å². The Labute approximate surface area is 54.8 Å². The molecule has 0 aromatic heterocycles. The third kappa shape index (κ3) is 1.36. The average molecular weight is 128 g/mol. The van der Waals surface area contributed by atoms with Gasteiger partial charge in [0.05, 0.1) is 18.5 Å². The van der Waals surface area contributed by atoms with E-state index in [2.05, 4.69) is 17.6 Å². The van der Waals surface area contributed by atoms with Crippen LogP contribution in [0.4, 0.5) is 0 Å². The molecule has 9 heavy (non-hydrogen) atoms. The van der Waals surface area contributed by atoms with Gasteiger partial charge in [0.15, 0.2) is 0 Å². The van der Waals surface area contributed by atoms with Crippen molar-refractivity contribution in [3.63, 3.8) is 0 Å². The predicted molar refractivity (Wildman–Crippen MR) is 35.5 cm³/mol. The summed E-state index contributed by atoms with van der Waals surface area (Å²) in [5.74, 6) is 0. The summed E-state index contributed by atoms with van der Waals surface area (Å²) < 4.78 is 0. The number of hydrogen-bond acceptors (Lipinski definition) is 3. The third-order valence-electron chi connectivity index (χ3n) is 1.40. The van der Waals surface area contributed by atoms with Crippen LogP contribution < -0.4 is 10.6 Å². The highest BCUT2D eigenvalue weighted by Crippen LogP contribution is 1.98. The van der Waals surface area contributed by atoms with E-state index in [-0.39, 0.29) is 6.61 Å². The van der Waals surface area contributed by atoms with Crippen LogP contribution in [0.15, 0.2) is 11.9 Å². The largest absolute Gasteiger partial charge is 0.390 e. The summed E-state index contributed by atoms with van der Waals surface area (Å²) in [6.45, 7) is 2.18. The van der Waals surface area contributed by atoms with E-state index in [1.165, 1.54) is 0 Å². The van der Waals surface area contributed by atoms with Crippen molar-refractivity contribution in [2.45, 2.75) is 19.5 Å². The fraction of sp³-hybridized carbons (Fsp3) is 0.667. The van der Waals surface area contributed by atoms with E-state index in [4.69, 9.17) is 5.11 Å². The summed E-state index contributed by atoms with van der Waals surface area (Å²) in [7, 11) is 0. The molecule has 52 valence electrons. The van der Waals surface area contributed by atoms with Gasteiger partial charge in [-0.1, -0.05) is 6.92 Å². The van der Waals surface area contributed by atoms with Crippen molar-refractivity contribution in [1.82, 2.24) is 10.6 Å². The summed E-state index contributed by atoms with van der Waals surface area (Å²) in [5, 5.41) is 14.8. The molecule has 0 spiro atoms. The molecule has 0 saturated heterocycles. The third-order valence-corrected chi connectivity index (χ3v) is 1.40. The first kappa shape index (κ1) is 6.42. The minimum atomic E-state index is 0.101. The molecule has 3 nitrogen and oxygen atoms in total. The Morgan fingerprint density at radius 1 is 1.78 bits per heavy atom. The standard InChI is InChI=1S/C6H12N2O/c1-2-6-7-3-5(4-9)8-6/h3,6-9H,2,4H2,1H3. The van der Waals surface area contributed by atoms with Gasteiger partial charge < -0.3 is 15.7 Å². The maximum absolute atomic E-state index is 8.61. The number of hydrogen-bond donors (Lipinski definition) is 3. The monoisotopic (exact) mass is 128 g/mol. The second kappa shape index (κ2) is 2.73. The molecule has 0 aromatic carbocycles. The Kier molecular flexibility index (Phi) is 1.95. The van der Waals surface area contributed by atoms with E-state index in [0.29, 0.717) is 6.17 Å². The molecule has 1 unspecified atom stereocenters. The topological polar surface area (TPSA) is 44.3 Å². The molecular weight excluding hydrogens is 116 g/mol. The summed E-state index contributed by atoms with van der Waals surface area (Å²) in [5.41, 5.74) is 0.877. The van der Waals surface area contributed by atoms with Gasteiger partial charge in [-0.2, -0.15) is 0 Å². The van der Waals surface area contributed by atoms with E-state index < -0.39 is 0 Å². The quantitative estimate of drug-likeness (QED) is 0.480. The summed E-state index contributed by atoms with van der Waals surface area (Å²) in [4.78, 5) is 0. The van der Waals surface area contributed by atoms with Crippen LogP contribution in [-0.4, -0.2) is 17.9 Å². The van der Waals surface area contributed by atoms with Gasteiger partial charge in [0, 0.05) is 6.20 Å². The zero-order valence-corrected chi connectivity index (χ0v) is 5.52. The first-order chi connectivity index (χ1) is 4.36.